The highest BCUT2D eigenvalue weighted by Gasteiger charge is 2.33. The molecule has 3 rings (SSSR count). The van der Waals surface area contributed by atoms with Crippen LogP contribution in [0.5, 0.6) is 0 Å². The molecule has 0 spiro atoms. The lowest BCUT2D eigenvalue weighted by atomic mass is 10.1. The van der Waals surface area contributed by atoms with Gasteiger partial charge in [0.15, 0.2) is 5.76 Å². The van der Waals surface area contributed by atoms with Crippen molar-refractivity contribution in [3.05, 3.63) is 17.9 Å². The molecule has 10 heteroatoms. The Bertz CT molecular complexity index is 745. The average Bonchev–Trinajstić information content (AvgIpc) is 3.26. The minimum Gasteiger partial charge on any atom is -0.438 e. The van der Waals surface area contributed by atoms with E-state index in [0.717, 1.165) is 12.8 Å². The van der Waals surface area contributed by atoms with E-state index in [0.29, 0.717) is 26.1 Å². The van der Waals surface area contributed by atoms with Crippen molar-refractivity contribution in [2.75, 3.05) is 32.8 Å². The van der Waals surface area contributed by atoms with Crippen LogP contribution < -0.4 is 5.73 Å². The van der Waals surface area contributed by atoms with Gasteiger partial charge in [-0.3, -0.25) is 9.59 Å². The monoisotopic (exact) mass is 371 g/mol. The Balaban J connectivity index is 1.58. The van der Waals surface area contributed by atoms with Crippen molar-refractivity contribution in [2.24, 2.45) is 5.73 Å². The van der Waals surface area contributed by atoms with Gasteiger partial charge in [0.2, 0.25) is 11.0 Å². The Labute approximate surface area is 145 Å². The molecule has 0 aromatic carbocycles. The van der Waals surface area contributed by atoms with Gasteiger partial charge >= 0.3 is 0 Å². The van der Waals surface area contributed by atoms with Crippen molar-refractivity contribution in [3.8, 4) is 0 Å². The summed E-state index contributed by atoms with van der Waals surface area (Å²) >= 11 is 0. The maximum Gasteiger partial charge on any atom is 0.284 e. The first-order valence-electron chi connectivity index (χ1n) is 8.17. The smallest absolute Gasteiger partial charge is 0.284 e. The van der Waals surface area contributed by atoms with E-state index in [4.69, 9.17) is 14.9 Å². The standard InChI is InChI=1S/C15H21N3O6S/c16-15(20)12-3-4-14(24-12)25(21,22)18-7-5-17(6-8-18)13(19)10-11-2-1-9-23-11/h3-4,11H,1-2,5-10H2,(H2,16,20)/t11-/m1/s1. The van der Waals surface area contributed by atoms with Crippen molar-refractivity contribution < 1.29 is 27.2 Å². The summed E-state index contributed by atoms with van der Waals surface area (Å²) in [6.07, 6.45) is 2.18. The van der Waals surface area contributed by atoms with Crippen LogP contribution in [-0.4, -0.2) is 68.3 Å². The molecule has 2 saturated heterocycles. The summed E-state index contributed by atoms with van der Waals surface area (Å²) in [7, 11) is -3.85. The van der Waals surface area contributed by atoms with E-state index in [1.165, 1.54) is 16.4 Å². The zero-order valence-electron chi connectivity index (χ0n) is 13.7. The zero-order valence-corrected chi connectivity index (χ0v) is 14.5. The second-order valence-corrected chi connectivity index (χ2v) is 7.98. The second-order valence-electron chi connectivity index (χ2n) is 6.11. The number of amides is 2. The molecule has 0 saturated carbocycles. The summed E-state index contributed by atoms with van der Waals surface area (Å²) in [6.45, 7) is 1.67. The van der Waals surface area contributed by atoms with Gasteiger partial charge < -0.3 is 19.8 Å². The maximum atomic E-state index is 12.5. The van der Waals surface area contributed by atoms with Gasteiger partial charge in [-0.15, -0.1) is 0 Å². The summed E-state index contributed by atoms with van der Waals surface area (Å²) in [6, 6.07) is 2.45. The van der Waals surface area contributed by atoms with Crippen LogP contribution in [0.2, 0.25) is 0 Å². The number of primary amides is 1. The first-order chi connectivity index (χ1) is 11.9. The van der Waals surface area contributed by atoms with Crippen LogP contribution in [0.15, 0.2) is 21.6 Å². The number of nitrogens with two attached hydrogens (primary N) is 1. The van der Waals surface area contributed by atoms with Gasteiger partial charge in [-0.25, -0.2) is 8.42 Å². The minimum absolute atomic E-state index is 0.0158. The number of piperazine rings is 1. The number of carbonyl (C=O) groups excluding carboxylic acids is 2. The highest BCUT2D eigenvalue weighted by atomic mass is 32.2. The van der Waals surface area contributed by atoms with E-state index in [1.807, 2.05) is 0 Å². The molecule has 2 amide bonds. The topological polar surface area (TPSA) is 123 Å². The van der Waals surface area contributed by atoms with Crippen molar-refractivity contribution in [1.29, 1.82) is 0 Å². The van der Waals surface area contributed by atoms with Gasteiger partial charge in [-0.2, -0.15) is 4.31 Å². The fraction of sp³-hybridized carbons (Fsp3) is 0.600. The molecule has 2 aliphatic rings. The highest BCUT2D eigenvalue weighted by Crippen LogP contribution is 2.21. The van der Waals surface area contributed by atoms with Crippen LogP contribution in [0.1, 0.15) is 29.8 Å². The lowest BCUT2D eigenvalue weighted by Crippen LogP contribution is -2.50. The molecule has 0 aliphatic carbocycles. The number of furan rings is 1. The summed E-state index contributed by atoms with van der Waals surface area (Å²) in [5, 5.41) is -0.319. The molecule has 2 fully saturated rings. The Morgan fingerprint density at radius 3 is 2.48 bits per heavy atom. The third-order valence-corrected chi connectivity index (χ3v) is 6.21. The third kappa shape index (κ3) is 3.86. The van der Waals surface area contributed by atoms with Crippen LogP contribution in [-0.2, 0) is 19.6 Å². The number of sulfonamides is 1. The quantitative estimate of drug-likeness (QED) is 0.763. The average molecular weight is 371 g/mol. The zero-order chi connectivity index (χ0) is 18.0. The largest absolute Gasteiger partial charge is 0.438 e. The molecule has 0 radical (unpaired) electrons. The van der Waals surface area contributed by atoms with Crippen LogP contribution >= 0.6 is 0 Å². The first-order valence-corrected chi connectivity index (χ1v) is 9.61. The third-order valence-electron chi connectivity index (χ3n) is 4.44. The fourth-order valence-corrected chi connectivity index (χ4v) is 4.36. The molecular formula is C15H21N3O6S. The fourth-order valence-electron chi connectivity index (χ4n) is 3.03. The Kier molecular flexibility index (Phi) is 5.11. The van der Waals surface area contributed by atoms with Gasteiger partial charge in [0.25, 0.3) is 15.9 Å². The van der Waals surface area contributed by atoms with Gasteiger partial charge in [-0.1, -0.05) is 0 Å². The number of hydrogen-bond donors (Lipinski definition) is 1. The van der Waals surface area contributed by atoms with E-state index < -0.39 is 15.9 Å². The summed E-state index contributed by atoms with van der Waals surface area (Å²) in [5.41, 5.74) is 5.07. The van der Waals surface area contributed by atoms with Gasteiger partial charge in [0.1, 0.15) is 0 Å². The van der Waals surface area contributed by atoms with E-state index >= 15 is 0 Å². The van der Waals surface area contributed by atoms with Crippen LogP contribution in [0.3, 0.4) is 0 Å². The van der Waals surface area contributed by atoms with E-state index in [-0.39, 0.29) is 36.0 Å². The number of hydrogen-bond acceptors (Lipinski definition) is 6. The maximum absolute atomic E-state index is 12.5. The van der Waals surface area contributed by atoms with Gasteiger partial charge in [-0.05, 0) is 25.0 Å². The molecule has 0 unspecified atom stereocenters. The van der Waals surface area contributed by atoms with E-state index in [2.05, 4.69) is 0 Å². The summed E-state index contributed by atoms with van der Waals surface area (Å²) in [5.74, 6) is -1.05. The number of ether oxygens (including phenoxy) is 1. The number of rotatable bonds is 5. The molecule has 2 aliphatic heterocycles. The molecule has 0 bridgehead atoms. The lowest BCUT2D eigenvalue weighted by Gasteiger charge is -2.33. The molecule has 25 heavy (non-hydrogen) atoms. The summed E-state index contributed by atoms with van der Waals surface area (Å²) in [4.78, 5) is 25.0. The molecule has 1 atom stereocenters. The molecule has 1 aromatic heterocycles. The van der Waals surface area contributed by atoms with Crippen molar-refractivity contribution in [1.82, 2.24) is 9.21 Å². The van der Waals surface area contributed by atoms with Crippen LogP contribution in [0, 0.1) is 0 Å². The predicted molar refractivity (Wildman–Crippen MR) is 86.2 cm³/mol. The minimum atomic E-state index is -3.85. The van der Waals surface area contributed by atoms with Gasteiger partial charge in [0, 0.05) is 32.8 Å². The summed E-state index contributed by atoms with van der Waals surface area (Å²) < 4.78 is 36.8. The lowest BCUT2D eigenvalue weighted by molar-refractivity contribution is -0.134. The van der Waals surface area contributed by atoms with Crippen LogP contribution in [0.4, 0.5) is 0 Å². The first kappa shape index (κ1) is 17.9. The SMILES string of the molecule is NC(=O)c1ccc(S(=O)(=O)N2CCN(C(=O)C[C@H]3CCCO3)CC2)o1. The number of carbonyl (C=O) groups is 2. The molecule has 2 N–H and O–H groups in total. The van der Waals surface area contributed by atoms with E-state index in [1.54, 1.807) is 4.90 Å². The van der Waals surface area contributed by atoms with Crippen molar-refractivity contribution in [2.45, 2.75) is 30.5 Å². The second kappa shape index (κ2) is 7.14. The Hall–Kier alpha value is -1.91. The highest BCUT2D eigenvalue weighted by molar-refractivity contribution is 7.89. The van der Waals surface area contributed by atoms with E-state index in [9.17, 15) is 18.0 Å². The number of nitrogens with zero attached hydrogens (tertiary/aromatic N) is 2. The Morgan fingerprint density at radius 1 is 1.20 bits per heavy atom. The molecular weight excluding hydrogens is 350 g/mol. The normalized spacial score (nSPS) is 22.2. The Morgan fingerprint density at radius 2 is 1.92 bits per heavy atom. The molecule has 3 heterocycles. The molecule has 1 aromatic rings. The molecule has 9 nitrogen and oxygen atoms in total. The van der Waals surface area contributed by atoms with Gasteiger partial charge in [0.05, 0.1) is 12.5 Å². The van der Waals surface area contributed by atoms with Crippen molar-refractivity contribution in [3.63, 3.8) is 0 Å². The molecule has 138 valence electrons. The van der Waals surface area contributed by atoms with Crippen LogP contribution in [0.25, 0.3) is 0 Å². The van der Waals surface area contributed by atoms with Crippen molar-refractivity contribution >= 4 is 21.8 Å². The predicted octanol–water partition coefficient (Wildman–Crippen LogP) is -0.219.